The molecule has 2 saturated heterocycles. The molecule has 2 fully saturated rings. The lowest BCUT2D eigenvalue weighted by molar-refractivity contribution is 0.0305. The summed E-state index contributed by atoms with van der Waals surface area (Å²) < 4.78 is 29.7. The summed E-state index contributed by atoms with van der Waals surface area (Å²) in [6, 6.07) is 9.31. The van der Waals surface area contributed by atoms with Crippen LogP contribution < -0.4 is 0 Å². The Morgan fingerprint density at radius 2 is 1.92 bits per heavy atom. The van der Waals surface area contributed by atoms with E-state index in [2.05, 4.69) is 24.0 Å². The third-order valence-corrected chi connectivity index (χ3v) is 7.15. The van der Waals surface area contributed by atoms with Crippen LogP contribution in [0.15, 0.2) is 47.3 Å². The third-order valence-electron chi connectivity index (χ3n) is 5.45. The molecule has 1 aromatic heterocycles. The summed E-state index contributed by atoms with van der Waals surface area (Å²) in [5.74, 6) is -0.00839. The van der Waals surface area contributed by atoms with E-state index in [1.54, 1.807) is 11.0 Å². The summed E-state index contributed by atoms with van der Waals surface area (Å²) in [5.41, 5.74) is 2.87. The molecule has 0 bridgehead atoms. The second-order valence-electron chi connectivity index (χ2n) is 7.12. The Hall–Kier alpha value is -2.12. The van der Waals surface area contributed by atoms with Crippen LogP contribution in [0.25, 0.3) is 0 Å². The highest BCUT2D eigenvalue weighted by Gasteiger charge is 2.48. The van der Waals surface area contributed by atoms with E-state index in [0.717, 1.165) is 0 Å². The number of piperazine rings is 1. The first-order valence-electron chi connectivity index (χ1n) is 8.77. The number of furan rings is 1. The highest BCUT2D eigenvalue weighted by molar-refractivity contribution is 7.91. The predicted octanol–water partition coefficient (Wildman–Crippen LogP) is 1.71. The molecule has 0 aliphatic carbocycles. The van der Waals surface area contributed by atoms with Gasteiger partial charge in [-0.05, 0) is 24.1 Å². The summed E-state index contributed by atoms with van der Waals surface area (Å²) >= 11 is 0. The van der Waals surface area contributed by atoms with Gasteiger partial charge in [0.25, 0.3) is 5.91 Å². The second kappa shape index (κ2) is 6.55. The van der Waals surface area contributed by atoms with Gasteiger partial charge in [0.05, 0.1) is 29.4 Å². The van der Waals surface area contributed by atoms with Gasteiger partial charge in [-0.1, -0.05) is 24.3 Å². The molecule has 7 heteroatoms. The Morgan fingerprint density at radius 3 is 2.65 bits per heavy atom. The van der Waals surface area contributed by atoms with Gasteiger partial charge in [-0.3, -0.25) is 9.69 Å². The maximum absolute atomic E-state index is 12.8. The first kappa shape index (κ1) is 17.3. The molecule has 26 heavy (non-hydrogen) atoms. The van der Waals surface area contributed by atoms with E-state index >= 15 is 0 Å². The summed E-state index contributed by atoms with van der Waals surface area (Å²) in [6.07, 6.45) is 2.88. The number of aryl methyl sites for hydroxylation is 1. The predicted molar refractivity (Wildman–Crippen MR) is 97.6 cm³/mol. The minimum atomic E-state index is -3.16. The van der Waals surface area contributed by atoms with Crippen LogP contribution in [0, 0.1) is 6.92 Å². The fraction of sp³-hybridized carbons (Fsp3) is 0.421. The highest BCUT2D eigenvalue weighted by atomic mass is 32.2. The number of amides is 1. The number of hydrogen-bond acceptors (Lipinski definition) is 5. The number of carbonyl (C=O) groups is 1. The van der Waals surface area contributed by atoms with Gasteiger partial charge in [0.2, 0.25) is 0 Å². The lowest BCUT2D eigenvalue weighted by atomic mass is 10.0. The average molecular weight is 374 g/mol. The van der Waals surface area contributed by atoms with Gasteiger partial charge in [-0.15, -0.1) is 0 Å². The monoisotopic (exact) mass is 374 g/mol. The molecule has 0 unspecified atom stereocenters. The molecule has 0 N–H and O–H groups in total. The zero-order valence-electron chi connectivity index (χ0n) is 14.7. The number of hydrogen-bond donors (Lipinski definition) is 0. The Balaban J connectivity index is 1.60. The fourth-order valence-electron chi connectivity index (χ4n) is 4.03. The quantitative estimate of drug-likeness (QED) is 0.818. The van der Waals surface area contributed by atoms with Gasteiger partial charge in [-0.25, -0.2) is 8.42 Å². The van der Waals surface area contributed by atoms with E-state index in [4.69, 9.17) is 4.42 Å². The topological polar surface area (TPSA) is 70.8 Å². The molecule has 6 nitrogen and oxygen atoms in total. The molecule has 0 saturated carbocycles. The van der Waals surface area contributed by atoms with Crippen LogP contribution in [0.2, 0.25) is 0 Å². The molecule has 4 rings (SSSR count). The van der Waals surface area contributed by atoms with Crippen LogP contribution in [-0.4, -0.2) is 60.8 Å². The van der Waals surface area contributed by atoms with Gasteiger partial charge in [0.1, 0.15) is 6.26 Å². The third kappa shape index (κ3) is 3.17. The highest BCUT2D eigenvalue weighted by Crippen LogP contribution is 2.29. The van der Waals surface area contributed by atoms with Crippen LogP contribution in [0.5, 0.6) is 0 Å². The summed E-state index contributed by atoms with van der Waals surface area (Å²) in [7, 11) is -3.16. The standard InChI is InChI=1S/C19H22N2O4S/c1-14-4-2-3-5-15(14)10-20-7-8-21(19(22)16-6-9-25-11-16)18-13-26(23,24)12-17(18)20/h2-6,9,11,17-18H,7-8,10,12-13H2,1H3/t17-,18+/m1/s1. The molecule has 2 atom stereocenters. The molecule has 0 radical (unpaired) electrons. The van der Waals surface area contributed by atoms with Crippen molar-refractivity contribution in [1.29, 1.82) is 0 Å². The summed E-state index contributed by atoms with van der Waals surface area (Å²) in [5, 5.41) is 0. The zero-order valence-corrected chi connectivity index (χ0v) is 15.5. The minimum Gasteiger partial charge on any atom is -0.472 e. The van der Waals surface area contributed by atoms with Crippen molar-refractivity contribution in [2.45, 2.75) is 25.6 Å². The number of nitrogens with zero attached hydrogens (tertiary/aromatic N) is 2. The lowest BCUT2D eigenvalue weighted by Crippen LogP contribution is -2.60. The van der Waals surface area contributed by atoms with E-state index in [-0.39, 0.29) is 29.5 Å². The van der Waals surface area contributed by atoms with E-state index in [0.29, 0.717) is 25.2 Å². The summed E-state index contributed by atoms with van der Waals surface area (Å²) in [6.45, 7) is 3.95. The molecule has 138 valence electrons. The molecular formula is C19H22N2O4S. The zero-order chi connectivity index (χ0) is 18.3. The van der Waals surface area contributed by atoms with E-state index < -0.39 is 9.84 Å². The molecule has 0 spiro atoms. The largest absolute Gasteiger partial charge is 0.472 e. The Morgan fingerprint density at radius 1 is 1.15 bits per heavy atom. The van der Waals surface area contributed by atoms with Crippen molar-refractivity contribution in [3.8, 4) is 0 Å². The Bertz CT molecular complexity index is 907. The van der Waals surface area contributed by atoms with E-state index in [1.807, 2.05) is 12.1 Å². The van der Waals surface area contributed by atoms with Gasteiger partial charge >= 0.3 is 0 Å². The van der Waals surface area contributed by atoms with E-state index in [1.165, 1.54) is 23.7 Å². The van der Waals surface area contributed by atoms with Gasteiger partial charge in [-0.2, -0.15) is 0 Å². The number of rotatable bonds is 3. The number of carbonyl (C=O) groups excluding carboxylic acids is 1. The van der Waals surface area contributed by atoms with Gasteiger partial charge < -0.3 is 9.32 Å². The van der Waals surface area contributed by atoms with Crippen molar-refractivity contribution in [3.63, 3.8) is 0 Å². The first-order chi connectivity index (χ1) is 12.4. The van der Waals surface area contributed by atoms with Gasteiger partial charge in [0, 0.05) is 25.7 Å². The second-order valence-corrected chi connectivity index (χ2v) is 9.27. The summed E-state index contributed by atoms with van der Waals surface area (Å²) in [4.78, 5) is 16.7. The molecule has 3 heterocycles. The Kier molecular flexibility index (Phi) is 4.36. The van der Waals surface area contributed by atoms with Crippen molar-refractivity contribution < 1.29 is 17.6 Å². The van der Waals surface area contributed by atoms with E-state index in [9.17, 15) is 13.2 Å². The Labute approximate surface area is 153 Å². The average Bonchev–Trinajstić information content (AvgIpc) is 3.23. The van der Waals surface area contributed by atoms with Crippen LogP contribution >= 0.6 is 0 Å². The van der Waals surface area contributed by atoms with Crippen molar-refractivity contribution in [3.05, 3.63) is 59.5 Å². The number of benzene rings is 1. The molecule has 1 amide bonds. The number of fused-ring (bicyclic) bond motifs is 1. The molecule has 2 aliphatic heterocycles. The minimum absolute atomic E-state index is 0.0333. The van der Waals surface area contributed by atoms with Crippen LogP contribution in [0.3, 0.4) is 0 Å². The number of sulfone groups is 1. The SMILES string of the molecule is Cc1ccccc1CN1CCN(C(=O)c2ccoc2)[C@H]2CS(=O)(=O)C[C@H]21. The van der Waals surface area contributed by atoms with Crippen molar-refractivity contribution in [2.75, 3.05) is 24.6 Å². The van der Waals surface area contributed by atoms with Crippen LogP contribution in [0.4, 0.5) is 0 Å². The normalized spacial score (nSPS) is 25.2. The van der Waals surface area contributed by atoms with Crippen molar-refractivity contribution >= 4 is 15.7 Å². The maximum Gasteiger partial charge on any atom is 0.257 e. The molecule has 2 aromatic rings. The first-order valence-corrected chi connectivity index (χ1v) is 10.6. The van der Waals surface area contributed by atoms with Crippen LogP contribution in [-0.2, 0) is 16.4 Å². The molecule has 1 aromatic carbocycles. The molecular weight excluding hydrogens is 352 g/mol. The van der Waals surface area contributed by atoms with Crippen molar-refractivity contribution in [2.24, 2.45) is 0 Å². The van der Waals surface area contributed by atoms with Crippen LogP contribution in [0.1, 0.15) is 21.5 Å². The maximum atomic E-state index is 12.8. The van der Waals surface area contributed by atoms with Crippen molar-refractivity contribution in [1.82, 2.24) is 9.80 Å². The molecule has 2 aliphatic rings. The lowest BCUT2D eigenvalue weighted by Gasteiger charge is -2.44. The van der Waals surface area contributed by atoms with Gasteiger partial charge in [0.15, 0.2) is 9.84 Å². The fourth-order valence-corrected chi connectivity index (χ4v) is 6.04. The smallest absolute Gasteiger partial charge is 0.257 e.